The summed E-state index contributed by atoms with van der Waals surface area (Å²) in [6.07, 6.45) is 0. The number of hydrogen-bond donors (Lipinski definition) is 1. The average molecular weight is 419 g/mol. The third-order valence-corrected chi connectivity index (χ3v) is 5.30. The Labute approximate surface area is 174 Å². The van der Waals surface area contributed by atoms with Crippen molar-refractivity contribution >= 4 is 34.6 Å². The summed E-state index contributed by atoms with van der Waals surface area (Å²) in [6, 6.07) is 11.5. The predicted molar refractivity (Wildman–Crippen MR) is 113 cm³/mol. The predicted octanol–water partition coefficient (Wildman–Crippen LogP) is 3.41. The highest BCUT2D eigenvalue weighted by Gasteiger charge is 2.26. The van der Waals surface area contributed by atoms with Crippen molar-refractivity contribution in [3.05, 3.63) is 57.6 Å². The van der Waals surface area contributed by atoms with Crippen LogP contribution < -0.4 is 15.0 Å². The molecule has 9 heteroatoms. The number of benzene rings is 2. The van der Waals surface area contributed by atoms with Crippen LogP contribution >= 0.6 is 11.6 Å². The Morgan fingerprint density at radius 1 is 1.21 bits per heavy atom. The molecule has 0 spiro atoms. The number of anilines is 2. The molecule has 8 nitrogen and oxygen atoms in total. The van der Waals surface area contributed by atoms with Crippen molar-refractivity contribution in [1.29, 1.82) is 0 Å². The van der Waals surface area contributed by atoms with Crippen LogP contribution in [0.3, 0.4) is 0 Å². The van der Waals surface area contributed by atoms with Crippen LogP contribution in [-0.2, 0) is 4.79 Å². The summed E-state index contributed by atoms with van der Waals surface area (Å²) in [4.78, 5) is 27.5. The lowest BCUT2D eigenvalue weighted by atomic mass is 10.2. The van der Waals surface area contributed by atoms with Gasteiger partial charge in [-0.05, 0) is 31.2 Å². The Balaban J connectivity index is 1.60. The van der Waals surface area contributed by atoms with E-state index in [0.29, 0.717) is 10.7 Å². The van der Waals surface area contributed by atoms with Crippen molar-refractivity contribution in [3.8, 4) is 5.75 Å². The second-order valence-corrected chi connectivity index (χ2v) is 7.25. The molecule has 1 fully saturated rings. The van der Waals surface area contributed by atoms with Crippen LogP contribution in [0.2, 0.25) is 5.02 Å². The van der Waals surface area contributed by atoms with Gasteiger partial charge in [0, 0.05) is 43.0 Å². The molecule has 1 aliphatic rings. The van der Waals surface area contributed by atoms with Gasteiger partial charge in [0.15, 0.2) is 0 Å². The molecular weight excluding hydrogens is 396 g/mol. The number of piperazine rings is 1. The number of non-ortho nitro benzene ring substituents is 1. The number of nitro groups is 1. The van der Waals surface area contributed by atoms with Crippen LogP contribution in [0.4, 0.5) is 17.1 Å². The van der Waals surface area contributed by atoms with Crippen molar-refractivity contribution in [3.63, 3.8) is 0 Å². The number of methoxy groups -OCH3 is 1. The first-order chi connectivity index (χ1) is 13.9. The van der Waals surface area contributed by atoms with Gasteiger partial charge in [-0.3, -0.25) is 19.8 Å². The molecule has 0 unspecified atom stereocenters. The van der Waals surface area contributed by atoms with E-state index in [2.05, 4.69) is 15.1 Å². The third-order valence-electron chi connectivity index (χ3n) is 5.07. The average Bonchev–Trinajstić information content (AvgIpc) is 2.73. The lowest BCUT2D eigenvalue weighted by Gasteiger charge is -2.38. The molecule has 1 atom stereocenters. The zero-order chi connectivity index (χ0) is 21.0. The number of carbonyl (C=O) groups excluding carboxylic acids is 1. The molecule has 1 N–H and O–H groups in total. The number of ether oxygens (including phenoxy) is 1. The highest BCUT2D eigenvalue weighted by Crippen LogP contribution is 2.29. The van der Waals surface area contributed by atoms with Crippen molar-refractivity contribution in [2.75, 3.05) is 43.5 Å². The Hall–Kier alpha value is -2.84. The number of carbonyl (C=O) groups is 1. The van der Waals surface area contributed by atoms with E-state index in [1.54, 1.807) is 0 Å². The van der Waals surface area contributed by atoms with Crippen molar-refractivity contribution < 1.29 is 14.5 Å². The summed E-state index contributed by atoms with van der Waals surface area (Å²) >= 11 is 6.08. The SMILES string of the molecule is COc1cc([N+](=O)[O-])ccc1NC(=O)[C@H](C)N1CCN(c2cccc(Cl)c2)CC1. The van der Waals surface area contributed by atoms with Gasteiger partial charge in [-0.2, -0.15) is 0 Å². The minimum atomic E-state index is -0.504. The molecule has 2 aromatic rings. The fourth-order valence-corrected chi connectivity index (χ4v) is 3.52. The Morgan fingerprint density at radius 3 is 2.55 bits per heavy atom. The molecule has 0 aromatic heterocycles. The molecule has 1 saturated heterocycles. The molecule has 1 aliphatic heterocycles. The molecule has 154 valence electrons. The Kier molecular flexibility index (Phi) is 6.56. The maximum Gasteiger partial charge on any atom is 0.273 e. The molecule has 2 aromatic carbocycles. The Bertz CT molecular complexity index is 900. The first kappa shape index (κ1) is 20.9. The lowest BCUT2D eigenvalue weighted by molar-refractivity contribution is -0.384. The largest absolute Gasteiger partial charge is 0.494 e. The normalized spacial score (nSPS) is 15.6. The van der Waals surface area contributed by atoms with Gasteiger partial charge < -0.3 is 15.0 Å². The van der Waals surface area contributed by atoms with Gasteiger partial charge in [-0.15, -0.1) is 0 Å². The van der Waals surface area contributed by atoms with E-state index in [0.717, 1.165) is 31.9 Å². The molecule has 29 heavy (non-hydrogen) atoms. The van der Waals surface area contributed by atoms with Gasteiger partial charge in [0.05, 0.1) is 29.8 Å². The zero-order valence-corrected chi connectivity index (χ0v) is 17.1. The highest BCUT2D eigenvalue weighted by molar-refractivity contribution is 6.30. The fraction of sp³-hybridized carbons (Fsp3) is 0.350. The van der Waals surface area contributed by atoms with Crippen molar-refractivity contribution in [1.82, 2.24) is 4.90 Å². The van der Waals surface area contributed by atoms with Crippen molar-refractivity contribution in [2.45, 2.75) is 13.0 Å². The summed E-state index contributed by atoms with van der Waals surface area (Å²) in [7, 11) is 1.41. The maximum absolute atomic E-state index is 12.7. The van der Waals surface area contributed by atoms with E-state index >= 15 is 0 Å². The molecule has 1 heterocycles. The fourth-order valence-electron chi connectivity index (χ4n) is 3.34. The third kappa shape index (κ3) is 4.96. The number of halogens is 1. The quantitative estimate of drug-likeness (QED) is 0.571. The van der Waals surface area contributed by atoms with Crippen LogP contribution in [-0.4, -0.2) is 55.1 Å². The number of nitrogens with zero attached hydrogens (tertiary/aromatic N) is 3. The van der Waals surface area contributed by atoms with Gasteiger partial charge in [0.1, 0.15) is 5.75 Å². The summed E-state index contributed by atoms with van der Waals surface area (Å²) < 4.78 is 5.18. The smallest absolute Gasteiger partial charge is 0.273 e. The van der Waals surface area contributed by atoms with Gasteiger partial charge in [0.2, 0.25) is 5.91 Å². The van der Waals surface area contributed by atoms with Gasteiger partial charge in [-0.1, -0.05) is 17.7 Å². The minimum absolute atomic E-state index is 0.0926. The van der Waals surface area contributed by atoms with Crippen LogP contribution in [0.25, 0.3) is 0 Å². The van der Waals surface area contributed by atoms with Gasteiger partial charge in [0.25, 0.3) is 5.69 Å². The van der Waals surface area contributed by atoms with E-state index in [1.807, 2.05) is 31.2 Å². The summed E-state index contributed by atoms with van der Waals surface area (Å²) in [5.41, 5.74) is 1.39. The van der Waals surface area contributed by atoms with Gasteiger partial charge in [-0.25, -0.2) is 0 Å². The summed E-state index contributed by atoms with van der Waals surface area (Å²) in [6.45, 7) is 4.90. The number of rotatable bonds is 6. The molecule has 0 radical (unpaired) electrons. The number of nitrogens with one attached hydrogen (secondary N) is 1. The topological polar surface area (TPSA) is 87.9 Å². The number of nitro benzene ring substituents is 1. The number of hydrogen-bond acceptors (Lipinski definition) is 6. The first-order valence-electron chi connectivity index (χ1n) is 9.27. The molecule has 0 aliphatic carbocycles. The van der Waals surface area contributed by atoms with Crippen LogP contribution in [0, 0.1) is 10.1 Å². The van der Waals surface area contributed by atoms with Crippen molar-refractivity contribution in [2.24, 2.45) is 0 Å². The van der Waals surface area contributed by atoms with Crippen LogP contribution in [0.1, 0.15) is 6.92 Å². The maximum atomic E-state index is 12.7. The van der Waals surface area contributed by atoms with E-state index in [4.69, 9.17) is 16.3 Å². The summed E-state index contributed by atoms with van der Waals surface area (Å²) in [5, 5.41) is 14.4. The Morgan fingerprint density at radius 2 is 1.93 bits per heavy atom. The summed E-state index contributed by atoms with van der Waals surface area (Å²) in [5.74, 6) is 0.0684. The van der Waals surface area contributed by atoms with Crippen LogP contribution in [0.15, 0.2) is 42.5 Å². The van der Waals surface area contributed by atoms with Crippen LogP contribution in [0.5, 0.6) is 5.75 Å². The second-order valence-electron chi connectivity index (χ2n) is 6.81. The number of amides is 1. The molecule has 0 bridgehead atoms. The van der Waals surface area contributed by atoms with E-state index in [1.165, 1.54) is 25.3 Å². The van der Waals surface area contributed by atoms with E-state index in [9.17, 15) is 14.9 Å². The first-order valence-corrected chi connectivity index (χ1v) is 9.64. The van der Waals surface area contributed by atoms with E-state index in [-0.39, 0.29) is 23.4 Å². The zero-order valence-electron chi connectivity index (χ0n) is 16.3. The van der Waals surface area contributed by atoms with E-state index < -0.39 is 4.92 Å². The highest BCUT2D eigenvalue weighted by atomic mass is 35.5. The molecular formula is C20H23ClN4O4. The lowest BCUT2D eigenvalue weighted by Crippen LogP contribution is -2.52. The molecule has 1 amide bonds. The minimum Gasteiger partial charge on any atom is -0.494 e. The molecule has 3 rings (SSSR count). The second kappa shape index (κ2) is 9.11. The van der Waals surface area contributed by atoms with Gasteiger partial charge >= 0.3 is 0 Å². The monoisotopic (exact) mass is 418 g/mol. The standard InChI is InChI=1S/C20H23ClN4O4/c1-14(20(26)22-18-7-6-17(25(27)28)13-19(18)29-2)23-8-10-24(11-9-23)16-5-3-4-15(21)12-16/h3-7,12-14H,8-11H2,1-2H3,(H,22,26)/t14-/m0/s1. The molecule has 0 saturated carbocycles.